The minimum absolute atomic E-state index is 0.129. The molecule has 7 nitrogen and oxygen atoms in total. The number of ether oxygens (including phenoxy) is 1. The van der Waals surface area contributed by atoms with Crippen molar-refractivity contribution in [3.8, 4) is 0 Å². The largest absolute Gasteiger partial charge is 0.383 e. The van der Waals surface area contributed by atoms with Crippen molar-refractivity contribution in [1.82, 2.24) is 14.1 Å². The molecule has 144 valence electrons. The summed E-state index contributed by atoms with van der Waals surface area (Å²) in [5, 5.41) is 0. The smallest absolute Gasteiger partial charge is 0.243 e. The summed E-state index contributed by atoms with van der Waals surface area (Å²) in [5.74, 6) is 0.136. The molecule has 1 amide bonds. The first-order chi connectivity index (χ1) is 12.4. The Morgan fingerprint density at radius 2 is 1.81 bits per heavy atom. The van der Waals surface area contributed by atoms with Crippen LogP contribution in [0.4, 0.5) is 0 Å². The Hall–Kier alpha value is -1.48. The van der Waals surface area contributed by atoms with E-state index >= 15 is 0 Å². The van der Waals surface area contributed by atoms with Crippen molar-refractivity contribution < 1.29 is 17.9 Å². The number of likely N-dealkylation sites (tertiary alicyclic amines) is 1. The van der Waals surface area contributed by atoms with Crippen LogP contribution in [0.5, 0.6) is 0 Å². The number of hydrogen-bond donors (Lipinski definition) is 0. The molecule has 0 N–H and O–H groups in total. The summed E-state index contributed by atoms with van der Waals surface area (Å²) in [5.41, 5.74) is 0.759. The quantitative estimate of drug-likeness (QED) is 0.720. The fraction of sp³-hybridized carbons (Fsp3) is 0.611. The SMILES string of the molecule is COCCN1CCC(N2CCN(S(=O)(=O)c3ccccc3C)CC2)C1=O. The molecule has 2 aliphatic rings. The third kappa shape index (κ3) is 3.78. The van der Waals surface area contributed by atoms with E-state index in [0.29, 0.717) is 44.2 Å². The van der Waals surface area contributed by atoms with Crippen molar-refractivity contribution >= 4 is 15.9 Å². The Bertz CT molecular complexity index is 745. The summed E-state index contributed by atoms with van der Waals surface area (Å²) >= 11 is 0. The van der Waals surface area contributed by atoms with Gasteiger partial charge < -0.3 is 9.64 Å². The lowest BCUT2D eigenvalue weighted by Crippen LogP contribution is -2.53. The minimum Gasteiger partial charge on any atom is -0.383 e. The maximum Gasteiger partial charge on any atom is 0.243 e. The molecule has 3 rings (SSSR count). The van der Waals surface area contributed by atoms with Crippen LogP contribution in [0.2, 0.25) is 0 Å². The lowest BCUT2D eigenvalue weighted by Gasteiger charge is -2.36. The summed E-state index contributed by atoms with van der Waals surface area (Å²) < 4.78 is 32.4. The molecule has 1 aromatic carbocycles. The molecule has 1 aromatic rings. The number of carbonyl (C=O) groups is 1. The number of amides is 1. The predicted molar refractivity (Wildman–Crippen MR) is 98.4 cm³/mol. The lowest BCUT2D eigenvalue weighted by molar-refractivity contribution is -0.133. The zero-order chi connectivity index (χ0) is 18.7. The van der Waals surface area contributed by atoms with Gasteiger partial charge in [0.15, 0.2) is 0 Å². The second-order valence-corrected chi connectivity index (χ2v) is 8.73. The van der Waals surface area contributed by atoms with Crippen LogP contribution in [0.15, 0.2) is 29.2 Å². The van der Waals surface area contributed by atoms with E-state index in [4.69, 9.17) is 4.74 Å². The van der Waals surface area contributed by atoms with E-state index < -0.39 is 10.0 Å². The molecule has 2 fully saturated rings. The molecule has 2 saturated heterocycles. The second-order valence-electron chi connectivity index (χ2n) is 6.83. The van der Waals surface area contributed by atoms with Crippen LogP contribution >= 0.6 is 0 Å². The number of sulfonamides is 1. The van der Waals surface area contributed by atoms with Crippen molar-refractivity contribution in [1.29, 1.82) is 0 Å². The molecule has 0 bridgehead atoms. The van der Waals surface area contributed by atoms with E-state index in [1.54, 1.807) is 19.2 Å². The van der Waals surface area contributed by atoms with Crippen LogP contribution in [0.1, 0.15) is 12.0 Å². The monoisotopic (exact) mass is 381 g/mol. The molecule has 1 unspecified atom stereocenters. The summed E-state index contributed by atoms with van der Waals surface area (Å²) in [6.45, 7) is 5.72. The van der Waals surface area contributed by atoms with E-state index in [9.17, 15) is 13.2 Å². The molecule has 0 saturated carbocycles. The van der Waals surface area contributed by atoms with Gasteiger partial charge in [0, 0.05) is 46.4 Å². The average molecular weight is 381 g/mol. The van der Waals surface area contributed by atoms with Crippen molar-refractivity contribution in [2.45, 2.75) is 24.3 Å². The number of aryl methyl sites for hydroxylation is 1. The fourth-order valence-corrected chi connectivity index (χ4v) is 5.37. The summed E-state index contributed by atoms with van der Waals surface area (Å²) in [7, 11) is -1.85. The van der Waals surface area contributed by atoms with Crippen LogP contribution in [0.25, 0.3) is 0 Å². The molecule has 0 spiro atoms. The van der Waals surface area contributed by atoms with E-state index in [-0.39, 0.29) is 11.9 Å². The van der Waals surface area contributed by atoms with Crippen LogP contribution in [0, 0.1) is 6.92 Å². The molecular weight excluding hydrogens is 354 g/mol. The molecule has 2 aliphatic heterocycles. The molecule has 0 aliphatic carbocycles. The number of carbonyl (C=O) groups excluding carboxylic acids is 1. The first-order valence-electron chi connectivity index (χ1n) is 9.02. The highest BCUT2D eigenvalue weighted by atomic mass is 32.2. The number of hydrogen-bond acceptors (Lipinski definition) is 5. The van der Waals surface area contributed by atoms with Crippen molar-refractivity contribution in [2.24, 2.45) is 0 Å². The number of methoxy groups -OCH3 is 1. The van der Waals surface area contributed by atoms with Gasteiger partial charge >= 0.3 is 0 Å². The van der Waals surface area contributed by atoms with Gasteiger partial charge in [-0.25, -0.2) is 8.42 Å². The maximum absolute atomic E-state index is 12.9. The van der Waals surface area contributed by atoms with Gasteiger partial charge in [0.25, 0.3) is 0 Å². The molecular formula is C18H27N3O4S. The third-order valence-electron chi connectivity index (χ3n) is 5.26. The number of rotatable bonds is 6. The molecule has 0 aromatic heterocycles. The molecule has 1 atom stereocenters. The highest BCUT2D eigenvalue weighted by molar-refractivity contribution is 7.89. The van der Waals surface area contributed by atoms with Crippen molar-refractivity contribution in [3.05, 3.63) is 29.8 Å². The Morgan fingerprint density at radius 1 is 1.12 bits per heavy atom. The van der Waals surface area contributed by atoms with Crippen molar-refractivity contribution in [2.75, 3.05) is 53.0 Å². The molecule has 0 radical (unpaired) electrons. The van der Waals surface area contributed by atoms with E-state index in [1.165, 1.54) is 4.31 Å². The van der Waals surface area contributed by atoms with Gasteiger partial charge in [0.05, 0.1) is 17.5 Å². The fourth-order valence-electron chi connectivity index (χ4n) is 3.73. The van der Waals surface area contributed by atoms with E-state index in [2.05, 4.69) is 4.90 Å². The molecule has 8 heteroatoms. The highest BCUT2D eigenvalue weighted by Crippen LogP contribution is 2.23. The molecule has 26 heavy (non-hydrogen) atoms. The topological polar surface area (TPSA) is 70.2 Å². The average Bonchev–Trinajstić information content (AvgIpc) is 3.01. The number of nitrogens with zero attached hydrogens (tertiary/aromatic N) is 3. The zero-order valence-corrected chi connectivity index (χ0v) is 16.2. The standard InChI is InChI=1S/C18H27N3O4S/c1-15-5-3-4-6-17(15)26(23,24)21-11-9-19(10-12-21)16-7-8-20(18(16)22)13-14-25-2/h3-6,16H,7-14H2,1-2H3. The van der Waals surface area contributed by atoms with Crippen LogP contribution in [-0.4, -0.2) is 87.5 Å². The highest BCUT2D eigenvalue weighted by Gasteiger charge is 2.38. The minimum atomic E-state index is -3.48. The first kappa shape index (κ1) is 19.3. The summed E-state index contributed by atoms with van der Waals surface area (Å²) in [4.78, 5) is 16.9. The van der Waals surface area contributed by atoms with Gasteiger partial charge in [-0.2, -0.15) is 4.31 Å². The Balaban J connectivity index is 1.61. The normalized spacial score (nSPS) is 22.9. The van der Waals surface area contributed by atoms with Crippen molar-refractivity contribution in [3.63, 3.8) is 0 Å². The number of benzene rings is 1. The lowest BCUT2D eigenvalue weighted by atomic mass is 10.2. The summed E-state index contributed by atoms with van der Waals surface area (Å²) in [6, 6.07) is 6.94. The van der Waals surface area contributed by atoms with E-state index in [0.717, 1.165) is 18.5 Å². The van der Waals surface area contributed by atoms with Crippen LogP contribution < -0.4 is 0 Å². The maximum atomic E-state index is 12.9. The van der Waals surface area contributed by atoms with Crippen LogP contribution in [-0.2, 0) is 19.6 Å². The zero-order valence-electron chi connectivity index (χ0n) is 15.4. The Labute approximate surface area is 155 Å². The molecule has 2 heterocycles. The summed E-state index contributed by atoms with van der Waals surface area (Å²) in [6.07, 6.45) is 0.799. The second kappa shape index (κ2) is 8.04. The van der Waals surface area contributed by atoms with Gasteiger partial charge in [0.2, 0.25) is 15.9 Å². The van der Waals surface area contributed by atoms with Gasteiger partial charge in [0.1, 0.15) is 0 Å². The number of piperazine rings is 1. The van der Waals surface area contributed by atoms with Gasteiger partial charge in [-0.05, 0) is 25.0 Å². The van der Waals surface area contributed by atoms with Gasteiger partial charge in [-0.15, -0.1) is 0 Å². The Morgan fingerprint density at radius 3 is 2.46 bits per heavy atom. The van der Waals surface area contributed by atoms with Crippen LogP contribution in [0.3, 0.4) is 0 Å². The third-order valence-corrected chi connectivity index (χ3v) is 7.32. The first-order valence-corrected chi connectivity index (χ1v) is 10.5. The Kier molecular flexibility index (Phi) is 5.96. The van der Waals surface area contributed by atoms with E-state index in [1.807, 2.05) is 24.0 Å². The van der Waals surface area contributed by atoms with Gasteiger partial charge in [-0.3, -0.25) is 9.69 Å². The van der Waals surface area contributed by atoms with Gasteiger partial charge in [-0.1, -0.05) is 18.2 Å². The predicted octanol–water partition coefficient (Wildman–Crippen LogP) is 0.549.